The molecule has 1 spiro atoms. The van der Waals surface area contributed by atoms with Gasteiger partial charge in [-0.3, -0.25) is 5.10 Å². The van der Waals surface area contributed by atoms with Crippen LogP contribution in [-0.2, 0) is 24.4 Å². The highest BCUT2D eigenvalue weighted by Crippen LogP contribution is 2.39. The number of azo groups is 1. The Bertz CT molecular complexity index is 724. The van der Waals surface area contributed by atoms with Crippen LogP contribution in [0.1, 0.15) is 65.5 Å². The molecule has 26 heavy (non-hydrogen) atoms. The molecular formula is C18H26N4O4. The van der Waals surface area contributed by atoms with Crippen molar-refractivity contribution in [1.82, 2.24) is 10.2 Å². The van der Waals surface area contributed by atoms with Gasteiger partial charge in [0.05, 0.1) is 6.61 Å². The number of carbonyl (C=O) groups excluding carboxylic acids is 1. The van der Waals surface area contributed by atoms with Gasteiger partial charge >= 0.3 is 11.9 Å². The zero-order chi connectivity index (χ0) is 18.8. The van der Waals surface area contributed by atoms with Crippen molar-refractivity contribution in [2.75, 3.05) is 6.61 Å². The summed E-state index contributed by atoms with van der Waals surface area (Å²) in [6.45, 7) is 8.36. The first-order valence-electron chi connectivity index (χ1n) is 9.10. The van der Waals surface area contributed by atoms with Crippen LogP contribution < -0.4 is 0 Å². The van der Waals surface area contributed by atoms with E-state index in [1.54, 1.807) is 6.07 Å². The molecule has 3 rings (SSSR count). The summed E-state index contributed by atoms with van der Waals surface area (Å²) in [5.41, 5.74) is 0.772. The van der Waals surface area contributed by atoms with Gasteiger partial charge in [-0.1, -0.05) is 27.2 Å². The van der Waals surface area contributed by atoms with E-state index in [0.29, 0.717) is 25.3 Å². The summed E-state index contributed by atoms with van der Waals surface area (Å²) in [4.78, 5) is 12.5. The molecule has 8 heteroatoms. The number of esters is 1. The van der Waals surface area contributed by atoms with Crippen molar-refractivity contribution < 1.29 is 19.0 Å². The van der Waals surface area contributed by atoms with Crippen molar-refractivity contribution >= 4 is 11.8 Å². The molecule has 1 aromatic rings. The molecule has 0 unspecified atom stereocenters. The lowest BCUT2D eigenvalue weighted by Crippen LogP contribution is -2.44. The highest BCUT2D eigenvalue weighted by Gasteiger charge is 2.45. The van der Waals surface area contributed by atoms with Crippen LogP contribution in [0.2, 0.25) is 0 Å². The second kappa shape index (κ2) is 7.09. The van der Waals surface area contributed by atoms with Gasteiger partial charge in [0.25, 0.3) is 11.5 Å². The summed E-state index contributed by atoms with van der Waals surface area (Å²) in [7, 11) is 0. The Balaban J connectivity index is 1.84. The van der Waals surface area contributed by atoms with Gasteiger partial charge in [0.2, 0.25) is 0 Å². The lowest BCUT2D eigenvalue weighted by atomic mass is 9.92. The van der Waals surface area contributed by atoms with E-state index in [-0.39, 0.29) is 17.1 Å². The van der Waals surface area contributed by atoms with Crippen LogP contribution in [-0.4, -0.2) is 28.6 Å². The molecule has 1 fully saturated rings. The normalized spacial score (nSPS) is 20.4. The summed E-state index contributed by atoms with van der Waals surface area (Å²) >= 11 is 0. The van der Waals surface area contributed by atoms with Crippen molar-refractivity contribution in [3.63, 3.8) is 0 Å². The van der Waals surface area contributed by atoms with Crippen molar-refractivity contribution in [3.05, 3.63) is 23.4 Å². The molecule has 1 aromatic heterocycles. The first-order valence-corrected chi connectivity index (χ1v) is 9.10. The quantitative estimate of drug-likeness (QED) is 0.638. The number of rotatable bonds is 4. The zero-order valence-corrected chi connectivity index (χ0v) is 15.8. The van der Waals surface area contributed by atoms with Gasteiger partial charge in [-0.2, -0.15) is 5.10 Å². The second-order valence-electron chi connectivity index (χ2n) is 7.62. The number of aromatic nitrogens is 2. The number of aromatic amines is 1. The number of carbonyl (C=O) groups is 1. The highest BCUT2D eigenvalue weighted by atomic mass is 16.8. The number of H-pyrrole nitrogens is 1. The Labute approximate surface area is 153 Å². The number of hydrogen-bond acceptors (Lipinski definition) is 7. The predicted molar refractivity (Wildman–Crippen MR) is 93.4 cm³/mol. The van der Waals surface area contributed by atoms with Crippen molar-refractivity contribution in [3.8, 4) is 0 Å². The Morgan fingerprint density at radius 2 is 1.96 bits per heavy atom. The third kappa shape index (κ3) is 3.89. The standard InChI is InChI=1S/C18H26N4O4/c1-5-24-16-14(15(23)25-18(26-16)9-7-6-8-10-18)22-21-13-11-12(19-20-13)17(2,3)4/h11H,5-10H2,1-4H3,(H,19,20). The smallest absolute Gasteiger partial charge is 0.369 e. The van der Waals surface area contributed by atoms with Crippen LogP contribution in [0, 0.1) is 0 Å². The van der Waals surface area contributed by atoms with Crippen molar-refractivity contribution in [2.24, 2.45) is 10.2 Å². The average Bonchev–Trinajstić information content (AvgIpc) is 3.04. The Morgan fingerprint density at radius 1 is 1.23 bits per heavy atom. The van der Waals surface area contributed by atoms with Crippen LogP contribution in [0.25, 0.3) is 0 Å². The van der Waals surface area contributed by atoms with Crippen LogP contribution in [0.4, 0.5) is 5.82 Å². The molecule has 0 amide bonds. The number of hydrogen-bond donors (Lipinski definition) is 1. The molecule has 0 bridgehead atoms. The molecule has 1 aliphatic heterocycles. The van der Waals surface area contributed by atoms with E-state index in [1.807, 2.05) is 6.92 Å². The third-order valence-corrected chi connectivity index (χ3v) is 4.46. The Kier molecular flexibility index (Phi) is 5.02. The molecule has 1 N–H and O–H groups in total. The first-order chi connectivity index (χ1) is 12.3. The maximum atomic E-state index is 12.5. The van der Waals surface area contributed by atoms with Gasteiger partial charge in [0, 0.05) is 30.0 Å². The minimum absolute atomic E-state index is 0.0663. The molecule has 2 heterocycles. The number of ether oxygens (including phenoxy) is 3. The van der Waals surface area contributed by atoms with E-state index < -0.39 is 11.8 Å². The first kappa shape index (κ1) is 18.4. The fourth-order valence-corrected chi connectivity index (χ4v) is 2.99. The minimum atomic E-state index is -0.926. The molecule has 0 atom stereocenters. The Hall–Kier alpha value is -2.38. The maximum Gasteiger partial charge on any atom is 0.369 e. The zero-order valence-electron chi connectivity index (χ0n) is 15.8. The van der Waals surface area contributed by atoms with E-state index in [0.717, 1.165) is 25.0 Å². The van der Waals surface area contributed by atoms with Gasteiger partial charge in [-0.15, -0.1) is 10.2 Å². The van der Waals surface area contributed by atoms with E-state index >= 15 is 0 Å². The van der Waals surface area contributed by atoms with E-state index in [9.17, 15) is 4.79 Å². The average molecular weight is 362 g/mol. The maximum absolute atomic E-state index is 12.5. The molecule has 2 aliphatic rings. The molecule has 1 saturated carbocycles. The molecular weight excluding hydrogens is 336 g/mol. The fraction of sp³-hybridized carbons (Fsp3) is 0.667. The highest BCUT2D eigenvalue weighted by molar-refractivity contribution is 5.89. The molecule has 1 aliphatic carbocycles. The number of nitrogens with one attached hydrogen (secondary N) is 1. The second-order valence-corrected chi connectivity index (χ2v) is 7.62. The van der Waals surface area contributed by atoms with Crippen LogP contribution in [0.15, 0.2) is 27.9 Å². The largest absolute Gasteiger partial charge is 0.464 e. The molecule has 0 aromatic carbocycles. The van der Waals surface area contributed by atoms with Gasteiger partial charge in [-0.05, 0) is 19.8 Å². The summed E-state index contributed by atoms with van der Waals surface area (Å²) in [5.74, 6) is -1.04. The Morgan fingerprint density at radius 3 is 2.58 bits per heavy atom. The lowest BCUT2D eigenvalue weighted by molar-refractivity contribution is -0.254. The molecule has 8 nitrogen and oxygen atoms in total. The van der Waals surface area contributed by atoms with Crippen molar-refractivity contribution in [1.29, 1.82) is 0 Å². The van der Waals surface area contributed by atoms with E-state index in [2.05, 4.69) is 41.2 Å². The summed E-state index contributed by atoms with van der Waals surface area (Å²) < 4.78 is 17.0. The van der Waals surface area contributed by atoms with Gasteiger partial charge in [-0.25, -0.2) is 4.79 Å². The van der Waals surface area contributed by atoms with Crippen molar-refractivity contribution in [2.45, 2.75) is 71.0 Å². The van der Waals surface area contributed by atoms with Gasteiger partial charge in [0.15, 0.2) is 5.82 Å². The molecule has 0 radical (unpaired) electrons. The van der Waals surface area contributed by atoms with E-state index in [4.69, 9.17) is 14.2 Å². The summed E-state index contributed by atoms with van der Waals surface area (Å²) in [6.07, 6.45) is 4.33. The molecule has 0 saturated heterocycles. The third-order valence-electron chi connectivity index (χ3n) is 4.46. The SMILES string of the molecule is CCOC1=C(N=Nc2cc(C(C)(C)C)[nH]n2)C(=O)OC2(CCCCC2)O1. The summed E-state index contributed by atoms with van der Waals surface area (Å²) in [5, 5.41) is 15.1. The van der Waals surface area contributed by atoms with E-state index in [1.165, 1.54) is 0 Å². The van der Waals surface area contributed by atoms with Crippen LogP contribution >= 0.6 is 0 Å². The van der Waals surface area contributed by atoms with Crippen LogP contribution in [0.3, 0.4) is 0 Å². The van der Waals surface area contributed by atoms with Crippen LogP contribution in [0.5, 0.6) is 0 Å². The van der Waals surface area contributed by atoms with Gasteiger partial charge in [0.1, 0.15) is 0 Å². The predicted octanol–water partition coefficient (Wildman–Crippen LogP) is 4.23. The van der Waals surface area contributed by atoms with Gasteiger partial charge < -0.3 is 14.2 Å². The fourth-order valence-electron chi connectivity index (χ4n) is 2.99. The topological polar surface area (TPSA) is 98.2 Å². The minimum Gasteiger partial charge on any atom is -0.464 e. The number of nitrogens with zero attached hydrogens (tertiary/aromatic N) is 3. The monoisotopic (exact) mass is 362 g/mol. The molecule has 142 valence electrons. The lowest BCUT2D eigenvalue weighted by Gasteiger charge is -2.39. The summed E-state index contributed by atoms with van der Waals surface area (Å²) in [6, 6.07) is 1.79.